The van der Waals surface area contributed by atoms with Crippen LogP contribution in [0.15, 0.2) is 84.5 Å². The van der Waals surface area contributed by atoms with Crippen LogP contribution in [-0.2, 0) is 6.61 Å². The first-order chi connectivity index (χ1) is 15.6. The Balaban J connectivity index is 1.66. The molecule has 3 aromatic carbocycles. The molecule has 3 aromatic rings. The topological polar surface area (TPSA) is 69.2 Å². The van der Waals surface area contributed by atoms with Crippen molar-refractivity contribution in [2.75, 3.05) is 13.7 Å². The minimum absolute atomic E-state index is 0.341. The minimum atomic E-state index is -0.398. The van der Waals surface area contributed by atoms with E-state index in [0.29, 0.717) is 46.6 Å². The van der Waals surface area contributed by atoms with E-state index in [9.17, 15) is 4.79 Å². The van der Waals surface area contributed by atoms with Gasteiger partial charge in [-0.25, -0.2) is 5.43 Å². The van der Waals surface area contributed by atoms with Crippen molar-refractivity contribution < 1.29 is 19.0 Å². The Morgan fingerprint density at radius 3 is 2.56 bits per heavy atom. The number of amides is 1. The molecule has 1 amide bonds. The van der Waals surface area contributed by atoms with Crippen LogP contribution >= 0.6 is 11.6 Å². The molecule has 0 aliphatic heterocycles. The quantitative estimate of drug-likeness (QED) is 0.260. The van der Waals surface area contributed by atoms with E-state index < -0.39 is 5.91 Å². The van der Waals surface area contributed by atoms with Crippen LogP contribution in [-0.4, -0.2) is 25.8 Å². The third-order valence-electron chi connectivity index (χ3n) is 4.36. The molecular formula is C25H23ClN2O4. The van der Waals surface area contributed by atoms with Gasteiger partial charge in [-0.05, 0) is 42.0 Å². The van der Waals surface area contributed by atoms with Gasteiger partial charge >= 0.3 is 0 Å². The number of halogens is 1. The van der Waals surface area contributed by atoms with Crippen molar-refractivity contribution >= 4 is 23.7 Å². The summed E-state index contributed by atoms with van der Waals surface area (Å²) in [6.07, 6.45) is 3.11. The maximum atomic E-state index is 12.5. The lowest BCUT2D eigenvalue weighted by atomic mass is 10.2. The highest BCUT2D eigenvalue weighted by atomic mass is 35.5. The standard InChI is InChI=1S/C25H23ClN2O4/c1-3-13-31-22-12-10-21(26)14-20(22)16-27-28-25(29)19-9-11-23(24(15-19)30-2)32-17-18-7-5-4-6-8-18/h3-12,14-16H,1,13,17H2,2H3,(H,28,29)/b27-16+. The number of benzene rings is 3. The van der Waals surface area contributed by atoms with Crippen LogP contribution in [0, 0.1) is 0 Å². The summed E-state index contributed by atoms with van der Waals surface area (Å²) in [5.74, 6) is 1.17. The molecule has 6 nitrogen and oxygen atoms in total. The molecular weight excluding hydrogens is 428 g/mol. The zero-order valence-corrected chi connectivity index (χ0v) is 18.3. The van der Waals surface area contributed by atoms with Crippen molar-refractivity contribution in [3.8, 4) is 17.2 Å². The van der Waals surface area contributed by atoms with Gasteiger partial charge in [-0.3, -0.25) is 4.79 Å². The highest BCUT2D eigenvalue weighted by Gasteiger charge is 2.11. The van der Waals surface area contributed by atoms with Gasteiger partial charge in [-0.2, -0.15) is 5.10 Å². The van der Waals surface area contributed by atoms with Gasteiger partial charge in [0.2, 0.25) is 0 Å². The molecule has 0 spiro atoms. The van der Waals surface area contributed by atoms with E-state index in [-0.39, 0.29) is 0 Å². The van der Waals surface area contributed by atoms with Crippen molar-refractivity contribution in [3.05, 3.63) is 101 Å². The Hall–Kier alpha value is -3.77. The van der Waals surface area contributed by atoms with E-state index in [1.54, 1.807) is 42.5 Å². The minimum Gasteiger partial charge on any atom is -0.493 e. The molecule has 0 aliphatic carbocycles. The van der Waals surface area contributed by atoms with Gasteiger partial charge in [0.1, 0.15) is 19.0 Å². The van der Waals surface area contributed by atoms with E-state index in [4.69, 9.17) is 25.8 Å². The Kier molecular flexibility index (Phi) is 8.29. The van der Waals surface area contributed by atoms with Gasteiger partial charge in [0.25, 0.3) is 5.91 Å². The zero-order chi connectivity index (χ0) is 22.8. The Morgan fingerprint density at radius 2 is 1.81 bits per heavy atom. The molecule has 164 valence electrons. The second kappa shape index (κ2) is 11.6. The number of hydrogen-bond donors (Lipinski definition) is 1. The average molecular weight is 451 g/mol. The number of hydrazone groups is 1. The molecule has 0 aromatic heterocycles. The van der Waals surface area contributed by atoms with Gasteiger partial charge in [0.15, 0.2) is 11.5 Å². The average Bonchev–Trinajstić information content (AvgIpc) is 2.82. The maximum Gasteiger partial charge on any atom is 0.271 e. The van der Waals surface area contributed by atoms with Gasteiger partial charge in [-0.1, -0.05) is 54.6 Å². The maximum absolute atomic E-state index is 12.5. The normalized spacial score (nSPS) is 10.6. The molecule has 3 rings (SSSR count). The predicted molar refractivity (Wildman–Crippen MR) is 126 cm³/mol. The molecule has 0 unspecified atom stereocenters. The first kappa shape index (κ1) is 22.9. The summed E-state index contributed by atoms with van der Waals surface area (Å²) in [6, 6.07) is 19.9. The number of hydrogen-bond acceptors (Lipinski definition) is 5. The highest BCUT2D eigenvalue weighted by molar-refractivity contribution is 6.30. The predicted octanol–water partition coefficient (Wildman–Crippen LogP) is 5.26. The van der Waals surface area contributed by atoms with E-state index in [1.165, 1.54) is 13.3 Å². The SMILES string of the molecule is C=CCOc1ccc(Cl)cc1/C=N/NC(=O)c1ccc(OCc2ccccc2)c(OC)c1. The molecule has 0 aliphatic rings. The molecule has 0 fully saturated rings. The van der Waals surface area contributed by atoms with Gasteiger partial charge < -0.3 is 14.2 Å². The first-order valence-corrected chi connectivity index (χ1v) is 10.2. The van der Waals surface area contributed by atoms with E-state index >= 15 is 0 Å². The summed E-state index contributed by atoms with van der Waals surface area (Å²) in [5, 5.41) is 4.55. The molecule has 0 radical (unpaired) electrons. The highest BCUT2D eigenvalue weighted by Crippen LogP contribution is 2.29. The second-order valence-electron chi connectivity index (χ2n) is 6.62. The lowest BCUT2D eigenvalue weighted by Gasteiger charge is -2.12. The van der Waals surface area contributed by atoms with Crippen molar-refractivity contribution in [1.82, 2.24) is 5.43 Å². The van der Waals surface area contributed by atoms with E-state index in [0.717, 1.165) is 5.56 Å². The van der Waals surface area contributed by atoms with Gasteiger partial charge in [0.05, 0.1) is 13.3 Å². The summed E-state index contributed by atoms with van der Waals surface area (Å²) in [6.45, 7) is 4.36. The van der Waals surface area contributed by atoms with Crippen molar-refractivity contribution in [3.63, 3.8) is 0 Å². The van der Waals surface area contributed by atoms with Gasteiger partial charge in [0, 0.05) is 16.1 Å². The second-order valence-corrected chi connectivity index (χ2v) is 7.06. The number of rotatable bonds is 10. The number of carbonyl (C=O) groups is 1. The monoisotopic (exact) mass is 450 g/mol. The summed E-state index contributed by atoms with van der Waals surface area (Å²) in [7, 11) is 1.52. The smallest absolute Gasteiger partial charge is 0.271 e. The third kappa shape index (κ3) is 6.36. The number of ether oxygens (including phenoxy) is 3. The fourth-order valence-corrected chi connectivity index (χ4v) is 2.97. The molecule has 1 N–H and O–H groups in total. The van der Waals surface area contributed by atoms with E-state index in [1.807, 2.05) is 30.3 Å². The number of methoxy groups -OCH3 is 1. The number of nitrogens with one attached hydrogen (secondary N) is 1. The number of nitrogens with zero attached hydrogens (tertiary/aromatic N) is 1. The van der Waals surface area contributed by atoms with Gasteiger partial charge in [-0.15, -0.1) is 0 Å². The van der Waals surface area contributed by atoms with Crippen LogP contribution in [0.4, 0.5) is 0 Å². The molecule has 32 heavy (non-hydrogen) atoms. The molecule has 0 saturated carbocycles. The fourth-order valence-electron chi connectivity index (χ4n) is 2.79. The lowest BCUT2D eigenvalue weighted by Crippen LogP contribution is -2.17. The molecule has 0 atom stereocenters. The molecule has 0 bridgehead atoms. The van der Waals surface area contributed by atoms with Crippen LogP contribution in [0.2, 0.25) is 5.02 Å². The lowest BCUT2D eigenvalue weighted by molar-refractivity contribution is 0.0954. The Labute approximate surface area is 192 Å². The van der Waals surface area contributed by atoms with E-state index in [2.05, 4.69) is 17.1 Å². The summed E-state index contributed by atoms with van der Waals surface area (Å²) in [5.41, 5.74) is 4.53. The summed E-state index contributed by atoms with van der Waals surface area (Å²) >= 11 is 6.05. The van der Waals surface area contributed by atoms with Crippen LogP contribution in [0.3, 0.4) is 0 Å². The Bertz CT molecular complexity index is 1100. The fraction of sp³-hybridized carbons (Fsp3) is 0.120. The molecule has 0 saturated heterocycles. The molecule has 7 heteroatoms. The van der Waals surface area contributed by atoms with Crippen LogP contribution in [0.25, 0.3) is 0 Å². The summed E-state index contributed by atoms with van der Waals surface area (Å²) < 4.78 is 16.8. The third-order valence-corrected chi connectivity index (χ3v) is 4.60. The number of carbonyl (C=O) groups excluding carboxylic acids is 1. The Morgan fingerprint density at radius 1 is 1.03 bits per heavy atom. The van der Waals surface area contributed by atoms with Crippen LogP contribution < -0.4 is 19.6 Å². The summed E-state index contributed by atoms with van der Waals surface area (Å²) in [4.78, 5) is 12.5. The van der Waals surface area contributed by atoms with Crippen molar-refractivity contribution in [2.45, 2.75) is 6.61 Å². The van der Waals surface area contributed by atoms with Crippen molar-refractivity contribution in [2.24, 2.45) is 5.10 Å². The molecule has 0 heterocycles. The zero-order valence-electron chi connectivity index (χ0n) is 17.6. The van der Waals surface area contributed by atoms with Crippen LogP contribution in [0.1, 0.15) is 21.5 Å². The first-order valence-electron chi connectivity index (χ1n) is 9.82. The largest absolute Gasteiger partial charge is 0.493 e. The van der Waals surface area contributed by atoms with Crippen molar-refractivity contribution in [1.29, 1.82) is 0 Å². The van der Waals surface area contributed by atoms with Crippen LogP contribution in [0.5, 0.6) is 17.2 Å².